The van der Waals surface area contributed by atoms with Crippen LogP contribution >= 0.6 is 34.8 Å². The summed E-state index contributed by atoms with van der Waals surface area (Å²) in [5.41, 5.74) is 0.986. The normalized spacial score (nSPS) is 13.3. The van der Waals surface area contributed by atoms with E-state index in [1.807, 2.05) is 6.07 Å². The largest absolute Gasteiger partial charge is 0.386 e. The third-order valence-electron chi connectivity index (χ3n) is 2.98. The van der Waals surface area contributed by atoms with E-state index in [0.717, 1.165) is 0 Å². The molecule has 0 aromatic heterocycles. The minimum Gasteiger partial charge on any atom is -0.386 e. The maximum Gasteiger partial charge on any atom is 0.348 e. The zero-order chi connectivity index (χ0) is 14.4. The third-order valence-corrected chi connectivity index (χ3v) is 4.21. The van der Waals surface area contributed by atoms with Crippen molar-refractivity contribution in [1.82, 2.24) is 0 Å². The molecule has 0 saturated carbocycles. The molecule has 0 fully saturated rings. The van der Waals surface area contributed by atoms with Crippen LogP contribution in [0, 0.1) is 0 Å². The van der Waals surface area contributed by atoms with Gasteiger partial charge in [-0.15, -0.1) is 0 Å². The Bertz CT molecular complexity index is 754. The summed E-state index contributed by atoms with van der Waals surface area (Å²) >= 11 is 18.5. The number of ether oxygens (including phenoxy) is 1. The first-order chi connectivity index (χ1) is 9.52. The molecule has 3 rings (SSSR count). The molecule has 2 aromatic carbocycles. The van der Waals surface area contributed by atoms with Gasteiger partial charge in [0.2, 0.25) is 0 Å². The molecule has 6 heteroatoms. The monoisotopic (exact) mass is 326 g/mol. The molecule has 1 heterocycles. The fourth-order valence-corrected chi connectivity index (χ4v) is 3.08. The highest BCUT2D eigenvalue weighted by Gasteiger charge is 2.38. The molecule has 0 amide bonds. The van der Waals surface area contributed by atoms with E-state index in [4.69, 9.17) is 34.8 Å². The summed E-state index contributed by atoms with van der Waals surface area (Å²) < 4.78 is 4.53. The van der Waals surface area contributed by atoms with Gasteiger partial charge in [0.05, 0.1) is 26.2 Å². The van der Waals surface area contributed by atoms with Gasteiger partial charge < -0.3 is 4.74 Å². The van der Waals surface area contributed by atoms with E-state index < -0.39 is 11.9 Å². The zero-order valence-corrected chi connectivity index (χ0v) is 12.0. The molecule has 0 saturated heterocycles. The quantitative estimate of drug-likeness (QED) is 0.436. The van der Waals surface area contributed by atoms with Crippen molar-refractivity contribution in [1.29, 1.82) is 0 Å². The smallest absolute Gasteiger partial charge is 0.348 e. The van der Waals surface area contributed by atoms with E-state index in [9.17, 15) is 9.59 Å². The number of carbonyl (C=O) groups excluding carboxylic acids is 2. The molecular formula is C14H5Cl3O3. The van der Waals surface area contributed by atoms with Crippen LogP contribution in [0.1, 0.15) is 20.7 Å². The number of esters is 2. The van der Waals surface area contributed by atoms with E-state index in [-0.39, 0.29) is 26.2 Å². The molecule has 0 radical (unpaired) electrons. The molecule has 0 bridgehead atoms. The van der Waals surface area contributed by atoms with Crippen molar-refractivity contribution in [2.24, 2.45) is 0 Å². The highest BCUT2D eigenvalue weighted by atomic mass is 35.5. The van der Waals surface area contributed by atoms with Gasteiger partial charge in [-0.1, -0.05) is 65.1 Å². The van der Waals surface area contributed by atoms with E-state index in [1.54, 1.807) is 24.3 Å². The Morgan fingerprint density at radius 3 is 1.80 bits per heavy atom. The number of benzene rings is 2. The molecule has 1 aliphatic heterocycles. The van der Waals surface area contributed by atoms with Crippen LogP contribution in [0.2, 0.25) is 15.1 Å². The Kier molecular flexibility index (Phi) is 3.21. The van der Waals surface area contributed by atoms with E-state index >= 15 is 0 Å². The molecule has 0 spiro atoms. The van der Waals surface area contributed by atoms with Crippen LogP contribution < -0.4 is 0 Å². The van der Waals surface area contributed by atoms with Gasteiger partial charge in [0.1, 0.15) is 0 Å². The first-order valence-corrected chi connectivity index (χ1v) is 6.68. The van der Waals surface area contributed by atoms with Gasteiger partial charge >= 0.3 is 11.9 Å². The predicted molar refractivity (Wildman–Crippen MR) is 76.7 cm³/mol. The molecule has 1 aliphatic rings. The Morgan fingerprint density at radius 2 is 1.20 bits per heavy atom. The number of carbonyl (C=O) groups is 2. The predicted octanol–water partition coefficient (Wildman–Crippen LogP) is 4.62. The summed E-state index contributed by atoms with van der Waals surface area (Å²) in [6.45, 7) is 0. The highest BCUT2D eigenvalue weighted by molar-refractivity contribution is 6.50. The van der Waals surface area contributed by atoms with Gasteiger partial charge in [-0.05, 0) is 5.56 Å². The molecule has 0 atom stereocenters. The standard InChI is InChI=1S/C14H5Cl3O3/c15-10-7(6-4-2-1-3-5-6)11(16)12(17)9-8(10)13(18)20-14(9)19/h1-5H. The molecule has 3 nitrogen and oxygen atoms in total. The average Bonchev–Trinajstić information content (AvgIpc) is 2.73. The SMILES string of the molecule is O=C1OC(=O)c2c(Cl)c(-c3ccccc3)c(Cl)c(Cl)c21. The number of hydrogen-bond acceptors (Lipinski definition) is 3. The van der Waals surface area contributed by atoms with Crippen LogP contribution in [0.5, 0.6) is 0 Å². The van der Waals surface area contributed by atoms with Gasteiger partial charge in [0.25, 0.3) is 0 Å². The number of rotatable bonds is 1. The molecule has 0 unspecified atom stereocenters. The second-order valence-corrected chi connectivity index (χ2v) is 5.24. The maximum absolute atomic E-state index is 11.7. The maximum atomic E-state index is 11.7. The Hall–Kier alpha value is -1.55. The van der Waals surface area contributed by atoms with E-state index in [2.05, 4.69) is 4.74 Å². The van der Waals surface area contributed by atoms with Crippen LogP contribution in [0.25, 0.3) is 11.1 Å². The Morgan fingerprint density at radius 1 is 0.700 bits per heavy atom. The first kappa shape index (κ1) is 13.4. The van der Waals surface area contributed by atoms with Gasteiger partial charge in [-0.3, -0.25) is 0 Å². The molecule has 0 N–H and O–H groups in total. The third kappa shape index (κ3) is 1.82. The number of halogens is 3. The minimum atomic E-state index is -0.835. The fraction of sp³-hybridized carbons (Fsp3) is 0. The summed E-state index contributed by atoms with van der Waals surface area (Å²) in [5, 5.41) is 0.158. The zero-order valence-electron chi connectivity index (χ0n) is 9.75. The second kappa shape index (κ2) is 4.77. The lowest BCUT2D eigenvalue weighted by Crippen LogP contribution is -1.98. The number of fused-ring (bicyclic) bond motifs is 1. The van der Waals surface area contributed by atoms with Crippen LogP contribution in [-0.4, -0.2) is 11.9 Å². The van der Waals surface area contributed by atoms with Crippen LogP contribution in [0.4, 0.5) is 0 Å². The van der Waals surface area contributed by atoms with Crippen molar-refractivity contribution in [3.8, 4) is 11.1 Å². The van der Waals surface area contributed by atoms with Crippen molar-refractivity contribution in [3.63, 3.8) is 0 Å². The first-order valence-electron chi connectivity index (χ1n) is 5.54. The summed E-state index contributed by atoms with van der Waals surface area (Å²) in [4.78, 5) is 23.3. The Balaban J connectivity index is 2.40. The van der Waals surface area contributed by atoms with Crippen molar-refractivity contribution in [3.05, 3.63) is 56.5 Å². The Labute approximate surface area is 129 Å². The van der Waals surface area contributed by atoms with Gasteiger partial charge in [0, 0.05) is 5.56 Å². The van der Waals surface area contributed by atoms with Crippen LogP contribution in [-0.2, 0) is 4.74 Å². The molecular weight excluding hydrogens is 323 g/mol. The summed E-state index contributed by atoms with van der Waals surface area (Å²) in [6, 6.07) is 8.98. The van der Waals surface area contributed by atoms with E-state index in [1.165, 1.54) is 0 Å². The summed E-state index contributed by atoms with van der Waals surface area (Å²) in [5.74, 6) is -1.65. The molecule has 20 heavy (non-hydrogen) atoms. The highest BCUT2D eigenvalue weighted by Crippen LogP contribution is 2.46. The van der Waals surface area contributed by atoms with Crippen LogP contribution in [0.15, 0.2) is 30.3 Å². The molecule has 100 valence electrons. The van der Waals surface area contributed by atoms with Gasteiger partial charge in [0.15, 0.2) is 0 Å². The number of cyclic esters (lactones) is 2. The lowest BCUT2D eigenvalue weighted by Gasteiger charge is -2.11. The van der Waals surface area contributed by atoms with E-state index in [0.29, 0.717) is 11.1 Å². The minimum absolute atomic E-state index is 0.0271. The summed E-state index contributed by atoms with van der Waals surface area (Å²) in [7, 11) is 0. The topological polar surface area (TPSA) is 43.4 Å². The van der Waals surface area contributed by atoms with Crippen molar-refractivity contribution in [2.45, 2.75) is 0 Å². The van der Waals surface area contributed by atoms with Crippen molar-refractivity contribution >= 4 is 46.7 Å². The van der Waals surface area contributed by atoms with Gasteiger partial charge in [-0.2, -0.15) is 0 Å². The van der Waals surface area contributed by atoms with Crippen LogP contribution in [0.3, 0.4) is 0 Å². The lowest BCUT2D eigenvalue weighted by molar-refractivity contribution is 0.0444. The molecule has 0 aliphatic carbocycles. The number of hydrogen-bond donors (Lipinski definition) is 0. The lowest BCUT2D eigenvalue weighted by atomic mass is 9.99. The van der Waals surface area contributed by atoms with Gasteiger partial charge in [-0.25, -0.2) is 9.59 Å². The fourth-order valence-electron chi connectivity index (χ4n) is 2.09. The molecule has 2 aromatic rings. The summed E-state index contributed by atoms with van der Waals surface area (Å²) in [6.07, 6.45) is 0. The second-order valence-electron chi connectivity index (χ2n) is 4.11. The average molecular weight is 328 g/mol. The van der Waals surface area contributed by atoms with Crippen molar-refractivity contribution < 1.29 is 14.3 Å². The van der Waals surface area contributed by atoms with Crippen molar-refractivity contribution in [2.75, 3.05) is 0 Å².